The van der Waals surface area contributed by atoms with Crippen LogP contribution in [0.5, 0.6) is 0 Å². The standard InChI is InChI=1S/C14H17F3O/c1-8-6-9(14(15,16)17)4-5-10(8)12(18)11-7-13(11,2)3/h4-6,11-12,18H,7H2,1-3H3. The average molecular weight is 258 g/mol. The Morgan fingerprint density at radius 3 is 2.28 bits per heavy atom. The summed E-state index contributed by atoms with van der Waals surface area (Å²) in [6.07, 6.45) is -4.08. The molecule has 1 aliphatic rings. The van der Waals surface area contributed by atoms with Gasteiger partial charge in [0.25, 0.3) is 0 Å². The van der Waals surface area contributed by atoms with Gasteiger partial charge in [-0.25, -0.2) is 0 Å². The van der Waals surface area contributed by atoms with Gasteiger partial charge in [-0.3, -0.25) is 0 Å². The van der Waals surface area contributed by atoms with Crippen LogP contribution in [-0.4, -0.2) is 5.11 Å². The lowest BCUT2D eigenvalue weighted by Crippen LogP contribution is -2.09. The Morgan fingerprint density at radius 1 is 1.33 bits per heavy atom. The van der Waals surface area contributed by atoms with Crippen molar-refractivity contribution in [1.29, 1.82) is 0 Å². The van der Waals surface area contributed by atoms with Gasteiger partial charge in [-0.15, -0.1) is 0 Å². The number of halogens is 3. The molecule has 0 saturated heterocycles. The first-order valence-electron chi connectivity index (χ1n) is 5.99. The van der Waals surface area contributed by atoms with Crippen LogP contribution in [0.15, 0.2) is 18.2 Å². The molecule has 2 rings (SSSR count). The summed E-state index contributed by atoms with van der Waals surface area (Å²) in [5.74, 6) is 0.146. The van der Waals surface area contributed by atoms with Crippen molar-refractivity contribution in [3.8, 4) is 0 Å². The van der Waals surface area contributed by atoms with Crippen molar-refractivity contribution in [1.82, 2.24) is 0 Å². The highest BCUT2D eigenvalue weighted by molar-refractivity contribution is 5.35. The van der Waals surface area contributed by atoms with E-state index in [4.69, 9.17) is 0 Å². The van der Waals surface area contributed by atoms with Crippen LogP contribution >= 0.6 is 0 Å². The molecule has 2 atom stereocenters. The maximum atomic E-state index is 12.5. The summed E-state index contributed by atoms with van der Waals surface area (Å²) in [5, 5.41) is 10.2. The van der Waals surface area contributed by atoms with Gasteiger partial charge >= 0.3 is 6.18 Å². The summed E-state index contributed by atoms with van der Waals surface area (Å²) >= 11 is 0. The van der Waals surface area contributed by atoms with Crippen molar-refractivity contribution < 1.29 is 18.3 Å². The molecule has 0 spiro atoms. The minimum absolute atomic E-state index is 0.0918. The Balaban J connectivity index is 2.26. The minimum Gasteiger partial charge on any atom is -0.388 e. The van der Waals surface area contributed by atoms with Crippen LogP contribution in [0.3, 0.4) is 0 Å². The average Bonchev–Trinajstić information content (AvgIpc) is 2.85. The Hall–Kier alpha value is -1.03. The summed E-state index contributed by atoms with van der Waals surface area (Å²) in [7, 11) is 0. The van der Waals surface area contributed by atoms with Gasteiger partial charge in [0.1, 0.15) is 0 Å². The lowest BCUT2D eigenvalue weighted by Gasteiger charge is -2.17. The summed E-state index contributed by atoms with van der Waals surface area (Å²) < 4.78 is 37.6. The van der Waals surface area contributed by atoms with E-state index in [1.807, 2.05) is 0 Å². The zero-order valence-corrected chi connectivity index (χ0v) is 10.7. The van der Waals surface area contributed by atoms with Gasteiger partial charge in [-0.2, -0.15) is 13.2 Å². The molecule has 0 aromatic heterocycles. The van der Waals surface area contributed by atoms with E-state index in [2.05, 4.69) is 13.8 Å². The van der Waals surface area contributed by atoms with Gasteiger partial charge in [0.05, 0.1) is 11.7 Å². The highest BCUT2D eigenvalue weighted by Crippen LogP contribution is 2.58. The fourth-order valence-electron chi connectivity index (χ4n) is 2.45. The molecule has 1 fully saturated rings. The fourth-order valence-corrected chi connectivity index (χ4v) is 2.45. The van der Waals surface area contributed by atoms with Crippen LogP contribution in [0.2, 0.25) is 0 Å². The van der Waals surface area contributed by atoms with Gasteiger partial charge in [-0.05, 0) is 47.9 Å². The van der Waals surface area contributed by atoms with E-state index < -0.39 is 17.8 Å². The second kappa shape index (κ2) is 3.98. The normalized spacial score (nSPS) is 23.8. The number of hydrogen-bond acceptors (Lipinski definition) is 1. The van der Waals surface area contributed by atoms with E-state index >= 15 is 0 Å². The van der Waals surface area contributed by atoms with Gasteiger partial charge in [0.2, 0.25) is 0 Å². The summed E-state index contributed by atoms with van der Waals surface area (Å²) in [5.41, 5.74) is 0.541. The molecule has 1 aromatic carbocycles. The van der Waals surface area contributed by atoms with E-state index in [1.165, 1.54) is 6.07 Å². The van der Waals surface area contributed by atoms with Gasteiger partial charge < -0.3 is 5.11 Å². The number of rotatable bonds is 2. The van der Waals surface area contributed by atoms with Gasteiger partial charge in [0, 0.05) is 0 Å². The molecular weight excluding hydrogens is 241 g/mol. The van der Waals surface area contributed by atoms with Crippen LogP contribution in [-0.2, 0) is 6.18 Å². The number of benzene rings is 1. The van der Waals surface area contributed by atoms with Crippen molar-refractivity contribution in [2.24, 2.45) is 11.3 Å². The number of aliphatic hydroxyl groups is 1. The SMILES string of the molecule is Cc1cc(C(F)(F)F)ccc1C(O)C1CC1(C)C. The second-order valence-corrected chi connectivity index (χ2v) is 5.81. The van der Waals surface area contributed by atoms with Crippen LogP contribution in [0.1, 0.15) is 43.1 Å². The summed E-state index contributed by atoms with van der Waals surface area (Å²) in [4.78, 5) is 0. The zero-order valence-electron chi connectivity index (χ0n) is 10.7. The number of hydrogen-bond donors (Lipinski definition) is 1. The number of alkyl halides is 3. The maximum Gasteiger partial charge on any atom is 0.416 e. The third-order valence-electron chi connectivity index (χ3n) is 3.89. The molecule has 0 aliphatic heterocycles. The molecule has 100 valence electrons. The second-order valence-electron chi connectivity index (χ2n) is 5.81. The molecule has 0 heterocycles. The molecule has 18 heavy (non-hydrogen) atoms. The Morgan fingerprint density at radius 2 is 1.89 bits per heavy atom. The first-order chi connectivity index (χ1) is 8.13. The predicted octanol–water partition coefficient (Wildman–Crippen LogP) is 4.09. The summed E-state index contributed by atoms with van der Waals surface area (Å²) in [6, 6.07) is 3.55. The highest BCUT2D eigenvalue weighted by atomic mass is 19.4. The molecule has 1 aromatic rings. The number of aryl methyl sites for hydroxylation is 1. The molecular formula is C14H17F3O. The number of aliphatic hydroxyl groups excluding tert-OH is 1. The molecule has 4 heteroatoms. The molecule has 0 radical (unpaired) electrons. The quantitative estimate of drug-likeness (QED) is 0.847. The lowest BCUT2D eigenvalue weighted by molar-refractivity contribution is -0.137. The topological polar surface area (TPSA) is 20.2 Å². The largest absolute Gasteiger partial charge is 0.416 e. The third-order valence-corrected chi connectivity index (χ3v) is 3.89. The Kier molecular flexibility index (Phi) is 2.97. The van der Waals surface area contributed by atoms with E-state index in [-0.39, 0.29) is 11.3 Å². The maximum absolute atomic E-state index is 12.5. The lowest BCUT2D eigenvalue weighted by atomic mass is 9.95. The first kappa shape index (κ1) is 13.4. The third kappa shape index (κ3) is 2.39. The van der Waals surface area contributed by atoms with Crippen LogP contribution in [0.25, 0.3) is 0 Å². The highest BCUT2D eigenvalue weighted by Gasteiger charge is 2.50. The molecule has 1 N–H and O–H groups in total. The first-order valence-corrected chi connectivity index (χ1v) is 5.99. The monoisotopic (exact) mass is 258 g/mol. The van der Waals surface area contributed by atoms with E-state index in [1.54, 1.807) is 6.92 Å². The Bertz CT molecular complexity index is 463. The van der Waals surface area contributed by atoms with Crippen molar-refractivity contribution in [2.75, 3.05) is 0 Å². The van der Waals surface area contributed by atoms with Crippen LogP contribution in [0.4, 0.5) is 13.2 Å². The van der Waals surface area contributed by atoms with Crippen LogP contribution in [0, 0.1) is 18.3 Å². The van der Waals surface area contributed by atoms with Crippen molar-refractivity contribution in [2.45, 2.75) is 39.5 Å². The Labute approximate surface area is 105 Å². The van der Waals surface area contributed by atoms with E-state index in [0.29, 0.717) is 11.1 Å². The van der Waals surface area contributed by atoms with E-state index in [0.717, 1.165) is 18.6 Å². The molecule has 1 saturated carbocycles. The van der Waals surface area contributed by atoms with Crippen molar-refractivity contribution in [3.05, 3.63) is 34.9 Å². The smallest absolute Gasteiger partial charge is 0.388 e. The molecule has 1 nitrogen and oxygen atoms in total. The molecule has 1 aliphatic carbocycles. The van der Waals surface area contributed by atoms with Crippen molar-refractivity contribution in [3.63, 3.8) is 0 Å². The summed E-state index contributed by atoms with van der Waals surface area (Å²) in [6.45, 7) is 5.73. The van der Waals surface area contributed by atoms with Gasteiger partial charge in [-0.1, -0.05) is 19.9 Å². The molecule has 0 amide bonds. The van der Waals surface area contributed by atoms with Crippen molar-refractivity contribution >= 4 is 0 Å². The fraction of sp³-hybridized carbons (Fsp3) is 0.571. The van der Waals surface area contributed by atoms with E-state index in [9.17, 15) is 18.3 Å². The predicted molar refractivity (Wildman–Crippen MR) is 63.0 cm³/mol. The molecule has 0 bridgehead atoms. The van der Waals surface area contributed by atoms with Crippen LogP contribution < -0.4 is 0 Å². The van der Waals surface area contributed by atoms with Gasteiger partial charge in [0.15, 0.2) is 0 Å². The zero-order chi connectivity index (χ0) is 13.7. The minimum atomic E-state index is -4.33. The molecule has 2 unspecified atom stereocenters.